The van der Waals surface area contributed by atoms with Crippen molar-refractivity contribution in [3.05, 3.63) is 63.3 Å². The lowest BCUT2D eigenvalue weighted by Gasteiger charge is -2.04. The number of carbonyl (C=O) groups excluding carboxylic acids is 1. The number of benzene rings is 1. The van der Waals surface area contributed by atoms with Gasteiger partial charge in [0.2, 0.25) is 0 Å². The second kappa shape index (κ2) is 7.08. The third kappa shape index (κ3) is 4.07. The zero-order chi connectivity index (χ0) is 16.2. The van der Waals surface area contributed by atoms with Gasteiger partial charge >= 0.3 is 0 Å². The first-order chi connectivity index (χ1) is 11.1. The summed E-state index contributed by atoms with van der Waals surface area (Å²) in [6.07, 6.45) is 1.60. The van der Waals surface area contributed by atoms with Crippen molar-refractivity contribution < 1.29 is 4.79 Å². The molecule has 0 aliphatic heterocycles. The number of thiazole rings is 1. The van der Waals surface area contributed by atoms with Crippen LogP contribution in [0, 0.1) is 0 Å². The van der Waals surface area contributed by atoms with Crippen molar-refractivity contribution in [1.29, 1.82) is 0 Å². The van der Waals surface area contributed by atoms with Crippen LogP contribution in [0.4, 0.5) is 16.5 Å². The second-order valence-electron chi connectivity index (χ2n) is 4.47. The number of rotatable bonds is 4. The molecule has 2 aromatic heterocycles. The molecular weight excluding hydrogens is 400 g/mol. The van der Waals surface area contributed by atoms with Gasteiger partial charge in [0.1, 0.15) is 5.69 Å². The van der Waals surface area contributed by atoms with Crippen molar-refractivity contribution in [1.82, 2.24) is 9.97 Å². The number of pyridine rings is 1. The summed E-state index contributed by atoms with van der Waals surface area (Å²) in [6, 6.07) is 10.9. The molecule has 8 heteroatoms. The zero-order valence-corrected chi connectivity index (χ0v) is 14.7. The predicted molar refractivity (Wildman–Crippen MR) is 96.7 cm³/mol. The van der Waals surface area contributed by atoms with Crippen LogP contribution in [0.3, 0.4) is 0 Å². The summed E-state index contributed by atoms with van der Waals surface area (Å²) >= 11 is 10.7. The second-order valence-corrected chi connectivity index (χ2v) is 6.60. The van der Waals surface area contributed by atoms with E-state index in [1.807, 2.05) is 24.3 Å². The molecule has 116 valence electrons. The van der Waals surface area contributed by atoms with Crippen molar-refractivity contribution in [2.45, 2.75) is 0 Å². The molecule has 23 heavy (non-hydrogen) atoms. The Balaban J connectivity index is 1.70. The number of amides is 1. The Kier molecular flexibility index (Phi) is 4.90. The number of carbonyl (C=O) groups is 1. The monoisotopic (exact) mass is 408 g/mol. The average molecular weight is 410 g/mol. The molecule has 3 rings (SSSR count). The molecule has 3 aromatic rings. The number of nitrogens with one attached hydrogen (secondary N) is 2. The van der Waals surface area contributed by atoms with E-state index in [2.05, 4.69) is 36.5 Å². The van der Waals surface area contributed by atoms with E-state index in [-0.39, 0.29) is 5.91 Å². The Morgan fingerprint density at radius 3 is 2.74 bits per heavy atom. The Hall–Kier alpha value is -1.96. The summed E-state index contributed by atoms with van der Waals surface area (Å²) in [5.74, 6) is -0.270. The lowest BCUT2D eigenvalue weighted by Crippen LogP contribution is -2.12. The quantitative estimate of drug-likeness (QED) is 0.598. The molecular formula is C15H10BrClN4OS. The zero-order valence-electron chi connectivity index (χ0n) is 11.6. The van der Waals surface area contributed by atoms with Crippen molar-refractivity contribution >= 4 is 61.3 Å². The summed E-state index contributed by atoms with van der Waals surface area (Å²) < 4.78 is 0.948. The minimum atomic E-state index is -0.270. The maximum Gasteiger partial charge on any atom is 0.275 e. The van der Waals surface area contributed by atoms with E-state index in [0.29, 0.717) is 27.4 Å². The maximum absolute atomic E-state index is 12.2. The fourth-order valence-corrected chi connectivity index (χ4v) is 2.89. The first-order valence-corrected chi connectivity index (χ1v) is 8.57. The smallest absolute Gasteiger partial charge is 0.275 e. The van der Waals surface area contributed by atoms with Crippen molar-refractivity contribution in [3.8, 4) is 0 Å². The van der Waals surface area contributed by atoms with Gasteiger partial charge in [-0.15, -0.1) is 11.3 Å². The van der Waals surface area contributed by atoms with Gasteiger partial charge in [0.15, 0.2) is 10.3 Å². The van der Waals surface area contributed by atoms with E-state index in [4.69, 9.17) is 11.6 Å². The predicted octanol–water partition coefficient (Wildman–Crippen LogP) is 4.95. The number of halogens is 2. The van der Waals surface area contributed by atoms with Crippen LogP contribution >= 0.6 is 38.9 Å². The number of nitrogens with zero attached hydrogens (tertiary/aromatic N) is 2. The third-order valence-corrected chi connectivity index (χ3v) is 4.43. The van der Waals surface area contributed by atoms with Crippen LogP contribution in [0.1, 0.15) is 10.5 Å². The van der Waals surface area contributed by atoms with E-state index in [1.165, 1.54) is 11.3 Å². The van der Waals surface area contributed by atoms with E-state index in [1.54, 1.807) is 23.7 Å². The number of hydrogen-bond donors (Lipinski definition) is 2. The van der Waals surface area contributed by atoms with Gasteiger partial charge in [0.05, 0.1) is 5.69 Å². The normalized spacial score (nSPS) is 10.3. The topological polar surface area (TPSA) is 66.9 Å². The van der Waals surface area contributed by atoms with Gasteiger partial charge in [0.25, 0.3) is 5.91 Å². The third-order valence-electron chi connectivity index (χ3n) is 2.84. The maximum atomic E-state index is 12.2. The molecule has 1 aromatic carbocycles. The highest BCUT2D eigenvalue weighted by Crippen LogP contribution is 2.25. The van der Waals surface area contributed by atoms with Crippen molar-refractivity contribution in [2.24, 2.45) is 0 Å². The molecule has 0 aliphatic carbocycles. The Labute approximate surface area is 149 Å². The van der Waals surface area contributed by atoms with Gasteiger partial charge in [-0.1, -0.05) is 27.5 Å². The van der Waals surface area contributed by atoms with Crippen LogP contribution < -0.4 is 10.6 Å². The minimum absolute atomic E-state index is 0.270. The molecule has 0 saturated carbocycles. The molecule has 5 nitrogen and oxygen atoms in total. The highest BCUT2D eigenvalue weighted by atomic mass is 79.9. The van der Waals surface area contributed by atoms with Gasteiger partial charge in [-0.25, -0.2) is 9.97 Å². The molecule has 0 fully saturated rings. The van der Waals surface area contributed by atoms with Crippen molar-refractivity contribution in [2.75, 3.05) is 10.6 Å². The lowest BCUT2D eigenvalue weighted by molar-refractivity contribution is 0.102. The fourth-order valence-electron chi connectivity index (χ4n) is 1.76. The molecule has 2 N–H and O–H groups in total. The highest BCUT2D eigenvalue weighted by molar-refractivity contribution is 9.10. The molecule has 1 amide bonds. The van der Waals surface area contributed by atoms with Crippen LogP contribution in [0.25, 0.3) is 0 Å². The minimum Gasteiger partial charge on any atom is -0.329 e. The molecule has 0 saturated heterocycles. The van der Waals surface area contributed by atoms with E-state index < -0.39 is 0 Å². The molecule has 0 aliphatic rings. The SMILES string of the molecule is O=C(Nc1ccc(Br)cc1)c1csc(Nc2cccnc2Cl)n1. The summed E-state index contributed by atoms with van der Waals surface area (Å²) in [7, 11) is 0. The Morgan fingerprint density at radius 2 is 2.00 bits per heavy atom. The molecule has 2 heterocycles. The standard InChI is InChI=1S/C15H10BrClN4OS/c16-9-3-5-10(6-4-9)19-14(22)12-8-23-15(21-12)20-11-2-1-7-18-13(11)17/h1-8H,(H,19,22)(H,20,21). The largest absolute Gasteiger partial charge is 0.329 e. The highest BCUT2D eigenvalue weighted by Gasteiger charge is 2.12. The van der Waals surface area contributed by atoms with Gasteiger partial charge in [0, 0.05) is 21.7 Å². The first-order valence-electron chi connectivity index (χ1n) is 6.52. The number of aromatic nitrogens is 2. The van der Waals surface area contributed by atoms with Crippen LogP contribution in [0.15, 0.2) is 52.4 Å². The van der Waals surface area contributed by atoms with Crippen LogP contribution in [0.5, 0.6) is 0 Å². The van der Waals surface area contributed by atoms with Gasteiger partial charge < -0.3 is 10.6 Å². The average Bonchev–Trinajstić information content (AvgIpc) is 3.01. The van der Waals surface area contributed by atoms with E-state index in [0.717, 1.165) is 4.47 Å². The van der Waals surface area contributed by atoms with Gasteiger partial charge in [-0.2, -0.15) is 0 Å². The summed E-state index contributed by atoms with van der Waals surface area (Å²) in [5.41, 5.74) is 1.68. The Bertz CT molecular complexity index is 838. The molecule has 0 radical (unpaired) electrons. The van der Waals surface area contributed by atoms with E-state index in [9.17, 15) is 4.79 Å². The molecule has 0 spiro atoms. The van der Waals surface area contributed by atoms with Gasteiger partial charge in [-0.05, 0) is 36.4 Å². The fraction of sp³-hybridized carbons (Fsp3) is 0. The van der Waals surface area contributed by atoms with Crippen LogP contribution in [-0.4, -0.2) is 15.9 Å². The first kappa shape index (κ1) is 15.9. The number of anilines is 3. The van der Waals surface area contributed by atoms with Gasteiger partial charge in [-0.3, -0.25) is 4.79 Å². The number of hydrogen-bond acceptors (Lipinski definition) is 5. The molecule has 0 bridgehead atoms. The molecule has 0 unspecified atom stereocenters. The molecule has 0 atom stereocenters. The Morgan fingerprint density at radius 1 is 1.22 bits per heavy atom. The van der Waals surface area contributed by atoms with Crippen LogP contribution in [-0.2, 0) is 0 Å². The summed E-state index contributed by atoms with van der Waals surface area (Å²) in [5, 5.41) is 8.44. The lowest BCUT2D eigenvalue weighted by atomic mass is 10.3. The van der Waals surface area contributed by atoms with Crippen LogP contribution in [0.2, 0.25) is 5.15 Å². The van der Waals surface area contributed by atoms with Crippen molar-refractivity contribution in [3.63, 3.8) is 0 Å². The summed E-state index contributed by atoms with van der Waals surface area (Å²) in [4.78, 5) is 20.4. The van der Waals surface area contributed by atoms with E-state index >= 15 is 0 Å². The summed E-state index contributed by atoms with van der Waals surface area (Å²) in [6.45, 7) is 0.